The van der Waals surface area contributed by atoms with Crippen LogP contribution in [0.5, 0.6) is 0 Å². The fourth-order valence-electron chi connectivity index (χ4n) is 2.35. The maximum atomic E-state index is 12.5. The van der Waals surface area contributed by atoms with E-state index in [1.807, 2.05) is 39.0 Å². The molecule has 1 aromatic carbocycles. The molecule has 25 heavy (non-hydrogen) atoms. The third kappa shape index (κ3) is 5.74. The lowest BCUT2D eigenvalue weighted by Crippen LogP contribution is -2.23. The highest BCUT2D eigenvalue weighted by molar-refractivity contribution is 8.00. The first-order chi connectivity index (χ1) is 11.9. The minimum atomic E-state index is -0.371. The second kappa shape index (κ2) is 8.85. The first-order valence-corrected chi connectivity index (χ1v) is 9.42. The van der Waals surface area contributed by atoms with Crippen LogP contribution in [0, 0.1) is 13.8 Å². The number of H-pyrrole nitrogens is 1. The molecule has 0 aliphatic heterocycles. The van der Waals surface area contributed by atoms with E-state index in [-0.39, 0.29) is 16.7 Å². The molecule has 2 aromatic rings. The number of nitrogens with zero attached hydrogens (tertiary/aromatic N) is 1. The minimum Gasteiger partial charge on any atom is -0.325 e. The Morgan fingerprint density at radius 3 is 2.80 bits per heavy atom. The number of carbonyl (C=O) groups is 1. The summed E-state index contributed by atoms with van der Waals surface area (Å²) in [6, 6.07) is 7.48. The van der Waals surface area contributed by atoms with E-state index in [2.05, 4.69) is 22.2 Å². The van der Waals surface area contributed by atoms with Crippen LogP contribution in [-0.4, -0.2) is 21.1 Å². The van der Waals surface area contributed by atoms with Gasteiger partial charge in [-0.25, -0.2) is 4.98 Å². The number of aromatic amines is 1. The zero-order valence-electron chi connectivity index (χ0n) is 15.2. The molecule has 1 amide bonds. The summed E-state index contributed by atoms with van der Waals surface area (Å²) in [7, 11) is 0. The van der Waals surface area contributed by atoms with Gasteiger partial charge in [0.05, 0.1) is 5.25 Å². The number of amides is 1. The zero-order valence-corrected chi connectivity index (χ0v) is 16.0. The Morgan fingerprint density at radius 2 is 2.08 bits per heavy atom. The molecule has 1 aromatic heterocycles. The quantitative estimate of drug-likeness (QED) is 0.582. The van der Waals surface area contributed by atoms with Gasteiger partial charge in [-0.1, -0.05) is 37.2 Å². The predicted molar refractivity (Wildman–Crippen MR) is 103 cm³/mol. The summed E-state index contributed by atoms with van der Waals surface area (Å²) < 4.78 is 0. The Balaban J connectivity index is 2.07. The highest BCUT2D eigenvalue weighted by Gasteiger charge is 2.17. The number of rotatable bonds is 7. The Kier molecular flexibility index (Phi) is 6.82. The molecule has 0 aliphatic rings. The van der Waals surface area contributed by atoms with Crippen molar-refractivity contribution in [3.63, 3.8) is 0 Å². The monoisotopic (exact) mass is 359 g/mol. The van der Waals surface area contributed by atoms with E-state index < -0.39 is 0 Å². The molecule has 0 aliphatic carbocycles. The van der Waals surface area contributed by atoms with Crippen molar-refractivity contribution >= 4 is 23.4 Å². The van der Waals surface area contributed by atoms with Crippen LogP contribution < -0.4 is 10.9 Å². The summed E-state index contributed by atoms with van der Waals surface area (Å²) >= 11 is 1.26. The van der Waals surface area contributed by atoms with Crippen molar-refractivity contribution in [3.8, 4) is 0 Å². The molecule has 6 heteroatoms. The Morgan fingerprint density at radius 1 is 1.32 bits per heavy atom. The van der Waals surface area contributed by atoms with Crippen molar-refractivity contribution in [3.05, 3.63) is 51.4 Å². The second-order valence-corrected chi connectivity index (χ2v) is 7.54. The fraction of sp³-hybridized carbons (Fsp3) is 0.421. The number of benzene rings is 1. The third-order valence-corrected chi connectivity index (χ3v) is 4.85. The molecular weight excluding hydrogens is 334 g/mol. The van der Waals surface area contributed by atoms with Crippen LogP contribution in [0.1, 0.15) is 43.5 Å². The third-order valence-electron chi connectivity index (χ3n) is 3.87. The first kappa shape index (κ1) is 19.2. The topological polar surface area (TPSA) is 74.8 Å². The zero-order chi connectivity index (χ0) is 18.4. The molecule has 134 valence electrons. The number of unbranched alkanes of at least 4 members (excludes halogenated alkanes) is 1. The van der Waals surface area contributed by atoms with E-state index in [0.29, 0.717) is 5.16 Å². The van der Waals surface area contributed by atoms with Crippen LogP contribution in [0.15, 0.2) is 34.2 Å². The molecule has 1 atom stereocenters. The number of hydrogen-bond acceptors (Lipinski definition) is 4. The highest BCUT2D eigenvalue weighted by Crippen LogP contribution is 2.22. The van der Waals surface area contributed by atoms with Crippen LogP contribution in [0.25, 0.3) is 0 Å². The van der Waals surface area contributed by atoms with Crippen molar-refractivity contribution in [1.29, 1.82) is 0 Å². The summed E-state index contributed by atoms with van der Waals surface area (Å²) in [6.07, 6.45) is 2.81. The molecule has 1 heterocycles. The SMILES string of the molecule is CCCCc1cc(=O)[nH]c(SC(C)C(=O)Nc2cc(C)ccc2C)n1. The van der Waals surface area contributed by atoms with Crippen molar-refractivity contribution in [2.45, 2.75) is 57.4 Å². The Hall–Kier alpha value is -2.08. The van der Waals surface area contributed by atoms with Gasteiger partial charge >= 0.3 is 0 Å². The number of hydrogen-bond donors (Lipinski definition) is 2. The van der Waals surface area contributed by atoms with Gasteiger partial charge in [-0.15, -0.1) is 0 Å². The molecule has 0 bridgehead atoms. The van der Waals surface area contributed by atoms with Crippen molar-refractivity contribution in [2.24, 2.45) is 0 Å². The van der Waals surface area contributed by atoms with Gasteiger partial charge in [0.15, 0.2) is 5.16 Å². The lowest BCUT2D eigenvalue weighted by atomic mass is 10.1. The first-order valence-electron chi connectivity index (χ1n) is 8.54. The minimum absolute atomic E-state index is 0.111. The average Bonchev–Trinajstić information content (AvgIpc) is 2.55. The predicted octanol–water partition coefficient (Wildman–Crippen LogP) is 3.85. The van der Waals surface area contributed by atoms with E-state index in [0.717, 1.165) is 41.8 Å². The van der Waals surface area contributed by atoms with E-state index in [4.69, 9.17) is 0 Å². The van der Waals surface area contributed by atoms with Gasteiger partial charge in [-0.2, -0.15) is 0 Å². The Bertz CT molecular complexity index is 801. The van der Waals surface area contributed by atoms with Crippen molar-refractivity contribution in [2.75, 3.05) is 5.32 Å². The van der Waals surface area contributed by atoms with Crippen LogP contribution in [0.4, 0.5) is 5.69 Å². The largest absolute Gasteiger partial charge is 0.325 e. The van der Waals surface area contributed by atoms with Gasteiger partial charge in [0.25, 0.3) is 5.56 Å². The molecule has 0 saturated heterocycles. The number of thioether (sulfide) groups is 1. The lowest BCUT2D eigenvalue weighted by molar-refractivity contribution is -0.115. The molecule has 2 N–H and O–H groups in total. The van der Waals surface area contributed by atoms with Crippen molar-refractivity contribution in [1.82, 2.24) is 9.97 Å². The summed E-state index contributed by atoms with van der Waals surface area (Å²) in [4.78, 5) is 31.4. The van der Waals surface area contributed by atoms with E-state index in [9.17, 15) is 9.59 Å². The van der Waals surface area contributed by atoms with Crippen LogP contribution in [0.3, 0.4) is 0 Å². The van der Waals surface area contributed by atoms with Gasteiger partial charge in [-0.05, 0) is 50.8 Å². The van der Waals surface area contributed by atoms with Crippen molar-refractivity contribution < 1.29 is 4.79 Å². The lowest BCUT2D eigenvalue weighted by Gasteiger charge is -2.14. The van der Waals surface area contributed by atoms with Crippen LogP contribution in [-0.2, 0) is 11.2 Å². The van der Waals surface area contributed by atoms with E-state index in [1.54, 1.807) is 0 Å². The maximum absolute atomic E-state index is 12.5. The normalized spacial score (nSPS) is 12.0. The summed E-state index contributed by atoms with van der Waals surface area (Å²) in [5.74, 6) is -0.111. The second-order valence-electron chi connectivity index (χ2n) is 6.21. The fourth-order valence-corrected chi connectivity index (χ4v) is 3.18. The molecular formula is C19H25N3O2S. The molecule has 2 rings (SSSR count). The maximum Gasteiger partial charge on any atom is 0.251 e. The number of carbonyl (C=O) groups excluding carboxylic acids is 1. The molecule has 0 radical (unpaired) electrons. The van der Waals surface area contributed by atoms with Crippen LogP contribution >= 0.6 is 11.8 Å². The van der Waals surface area contributed by atoms with E-state index >= 15 is 0 Å². The number of nitrogens with one attached hydrogen (secondary N) is 2. The number of aromatic nitrogens is 2. The summed E-state index contributed by atoms with van der Waals surface area (Å²) in [5, 5.41) is 3.07. The molecule has 0 fully saturated rings. The van der Waals surface area contributed by atoms with Gasteiger partial charge in [0, 0.05) is 17.4 Å². The standard InChI is InChI=1S/C19H25N3O2S/c1-5-6-7-15-11-17(23)22-19(20-15)25-14(4)18(24)21-16-10-12(2)8-9-13(16)3/h8-11,14H,5-7H2,1-4H3,(H,21,24)(H,20,22,23). The summed E-state index contributed by atoms with van der Waals surface area (Å²) in [6.45, 7) is 7.86. The molecule has 1 unspecified atom stereocenters. The summed E-state index contributed by atoms with van der Waals surface area (Å²) in [5.41, 5.74) is 3.52. The smallest absolute Gasteiger partial charge is 0.251 e. The van der Waals surface area contributed by atoms with Gasteiger partial charge in [0.1, 0.15) is 0 Å². The van der Waals surface area contributed by atoms with Gasteiger partial charge < -0.3 is 10.3 Å². The molecule has 0 saturated carbocycles. The number of anilines is 1. The van der Waals surface area contributed by atoms with E-state index in [1.165, 1.54) is 17.8 Å². The van der Waals surface area contributed by atoms with Crippen LogP contribution in [0.2, 0.25) is 0 Å². The van der Waals surface area contributed by atoms with Gasteiger partial charge in [-0.3, -0.25) is 9.59 Å². The molecule has 0 spiro atoms. The number of aryl methyl sites for hydroxylation is 3. The van der Waals surface area contributed by atoms with Gasteiger partial charge in [0.2, 0.25) is 5.91 Å². The highest BCUT2D eigenvalue weighted by atomic mass is 32.2. The average molecular weight is 359 g/mol. The Labute approximate surface area is 152 Å². The molecule has 5 nitrogen and oxygen atoms in total.